The zero-order valence-corrected chi connectivity index (χ0v) is 14.0. The summed E-state index contributed by atoms with van der Waals surface area (Å²) in [6.45, 7) is 8.49. The van der Waals surface area contributed by atoms with Gasteiger partial charge in [0, 0.05) is 12.1 Å². The van der Waals surface area contributed by atoms with Crippen molar-refractivity contribution in [3.63, 3.8) is 0 Å². The molecule has 2 rings (SSSR count). The molecule has 0 radical (unpaired) electrons. The zero-order valence-electron chi connectivity index (χ0n) is 13.2. The zero-order chi connectivity index (χ0) is 15.6. The molecule has 0 bridgehead atoms. The summed E-state index contributed by atoms with van der Waals surface area (Å²) >= 11 is 1.46. The van der Waals surface area contributed by atoms with E-state index >= 15 is 0 Å². The molecule has 21 heavy (non-hydrogen) atoms. The number of thiophene rings is 1. The van der Waals surface area contributed by atoms with Crippen molar-refractivity contribution < 1.29 is 9.59 Å². The number of rotatable bonds is 2. The Morgan fingerprint density at radius 1 is 1.33 bits per heavy atom. The molecule has 1 aromatic rings. The molecule has 1 atom stereocenters. The number of piperidine rings is 1. The Hall–Kier alpha value is -1.36. The number of aryl methyl sites for hydroxylation is 1. The van der Waals surface area contributed by atoms with Crippen molar-refractivity contribution in [2.45, 2.75) is 58.5 Å². The lowest BCUT2D eigenvalue weighted by Gasteiger charge is -2.36. The average molecular weight is 308 g/mol. The number of amides is 2. The number of likely N-dealkylation sites (tertiary alicyclic amines) is 1. The van der Waals surface area contributed by atoms with Crippen LogP contribution in [-0.4, -0.2) is 34.8 Å². The molecule has 1 unspecified atom stereocenters. The fourth-order valence-electron chi connectivity index (χ4n) is 2.62. The van der Waals surface area contributed by atoms with Crippen molar-refractivity contribution in [2.75, 3.05) is 6.54 Å². The first-order chi connectivity index (χ1) is 9.79. The van der Waals surface area contributed by atoms with Gasteiger partial charge in [-0.1, -0.05) is 0 Å². The van der Waals surface area contributed by atoms with E-state index < -0.39 is 0 Å². The van der Waals surface area contributed by atoms with Crippen molar-refractivity contribution in [2.24, 2.45) is 0 Å². The minimum atomic E-state index is -0.341. The fraction of sp³-hybridized carbons (Fsp3) is 0.625. The topological polar surface area (TPSA) is 49.4 Å². The van der Waals surface area contributed by atoms with Crippen molar-refractivity contribution in [3.8, 4) is 0 Å². The van der Waals surface area contributed by atoms with Crippen LogP contribution in [0.3, 0.4) is 0 Å². The lowest BCUT2D eigenvalue weighted by molar-refractivity contribution is -0.128. The van der Waals surface area contributed by atoms with Gasteiger partial charge in [-0.25, -0.2) is 0 Å². The van der Waals surface area contributed by atoms with Gasteiger partial charge in [0.1, 0.15) is 6.04 Å². The molecule has 1 aliphatic rings. The maximum absolute atomic E-state index is 12.7. The molecule has 2 heterocycles. The number of hydrogen-bond donors (Lipinski definition) is 1. The van der Waals surface area contributed by atoms with Crippen molar-refractivity contribution in [1.29, 1.82) is 0 Å². The summed E-state index contributed by atoms with van der Waals surface area (Å²) in [6.07, 6.45) is 2.71. The van der Waals surface area contributed by atoms with Crippen LogP contribution in [0.1, 0.15) is 55.3 Å². The number of nitrogens with one attached hydrogen (secondary N) is 1. The Kier molecular flexibility index (Phi) is 4.71. The monoisotopic (exact) mass is 308 g/mol. The first-order valence-electron chi connectivity index (χ1n) is 7.47. The van der Waals surface area contributed by atoms with Crippen LogP contribution < -0.4 is 5.32 Å². The number of carbonyl (C=O) groups is 2. The fourth-order valence-corrected chi connectivity index (χ4v) is 3.50. The van der Waals surface area contributed by atoms with Gasteiger partial charge in [0.2, 0.25) is 5.91 Å². The van der Waals surface area contributed by atoms with E-state index in [1.54, 1.807) is 4.90 Å². The molecule has 5 heteroatoms. The van der Waals surface area contributed by atoms with Gasteiger partial charge in [0.05, 0.1) is 4.88 Å². The van der Waals surface area contributed by atoms with Crippen LogP contribution in [0.5, 0.6) is 0 Å². The van der Waals surface area contributed by atoms with Gasteiger partial charge in [0.15, 0.2) is 0 Å². The summed E-state index contributed by atoms with van der Waals surface area (Å²) in [4.78, 5) is 27.7. The predicted molar refractivity (Wildman–Crippen MR) is 85.6 cm³/mol. The maximum Gasteiger partial charge on any atom is 0.264 e. The molecule has 116 valence electrons. The molecular formula is C16H24N2O2S. The summed E-state index contributed by atoms with van der Waals surface area (Å²) < 4.78 is 0. The standard InChI is InChI=1S/C16H24N2O2S/c1-11-8-10-21-13(11)15(20)18-9-6-5-7-12(18)14(19)17-16(2,3)4/h8,10,12H,5-7,9H2,1-4H3,(H,17,19). The van der Waals surface area contributed by atoms with Gasteiger partial charge in [-0.05, 0) is 64.0 Å². The van der Waals surface area contributed by atoms with Crippen molar-refractivity contribution >= 4 is 23.2 Å². The predicted octanol–water partition coefficient (Wildman–Crippen LogP) is 2.97. The Morgan fingerprint density at radius 3 is 2.62 bits per heavy atom. The van der Waals surface area contributed by atoms with E-state index in [9.17, 15) is 9.59 Å². The maximum atomic E-state index is 12.7. The van der Waals surface area contributed by atoms with E-state index in [-0.39, 0.29) is 23.4 Å². The third-order valence-corrected chi connectivity index (χ3v) is 4.63. The first kappa shape index (κ1) is 16.0. The minimum absolute atomic E-state index is 0.00346. The smallest absolute Gasteiger partial charge is 0.264 e. The van der Waals surface area contributed by atoms with Crippen LogP contribution in [0, 0.1) is 6.92 Å². The quantitative estimate of drug-likeness (QED) is 0.913. The lowest BCUT2D eigenvalue weighted by Crippen LogP contribution is -2.55. The molecule has 2 amide bonds. The van der Waals surface area contributed by atoms with E-state index in [2.05, 4.69) is 5.32 Å². The molecule has 1 N–H and O–H groups in total. The van der Waals surface area contributed by atoms with Crippen LogP contribution in [0.15, 0.2) is 11.4 Å². The van der Waals surface area contributed by atoms with Gasteiger partial charge >= 0.3 is 0 Å². The third kappa shape index (κ3) is 3.84. The highest BCUT2D eigenvalue weighted by atomic mass is 32.1. The largest absolute Gasteiger partial charge is 0.350 e. The molecule has 1 aromatic heterocycles. The summed E-state index contributed by atoms with van der Waals surface area (Å²) in [7, 11) is 0. The van der Waals surface area contributed by atoms with E-state index in [4.69, 9.17) is 0 Å². The Balaban J connectivity index is 2.18. The van der Waals surface area contributed by atoms with Crippen molar-refractivity contribution in [3.05, 3.63) is 21.9 Å². The normalized spacial score (nSPS) is 19.4. The second kappa shape index (κ2) is 6.18. The van der Waals surface area contributed by atoms with Gasteiger partial charge in [-0.2, -0.15) is 0 Å². The highest BCUT2D eigenvalue weighted by Crippen LogP contribution is 2.24. The van der Waals surface area contributed by atoms with E-state index in [1.807, 2.05) is 39.1 Å². The molecule has 1 fully saturated rings. The minimum Gasteiger partial charge on any atom is -0.350 e. The third-order valence-electron chi connectivity index (χ3n) is 3.62. The van der Waals surface area contributed by atoms with Crippen LogP contribution in [0.2, 0.25) is 0 Å². The van der Waals surface area contributed by atoms with Crippen molar-refractivity contribution in [1.82, 2.24) is 10.2 Å². The molecule has 0 aliphatic carbocycles. The Morgan fingerprint density at radius 2 is 2.05 bits per heavy atom. The van der Waals surface area contributed by atoms with Crippen LogP contribution in [0.25, 0.3) is 0 Å². The summed E-state index contributed by atoms with van der Waals surface area (Å²) in [5.74, 6) is -0.0407. The molecule has 1 aliphatic heterocycles. The number of nitrogens with zero attached hydrogens (tertiary/aromatic N) is 1. The van der Waals surface area contributed by atoms with Crippen LogP contribution >= 0.6 is 11.3 Å². The molecule has 0 saturated carbocycles. The second-order valence-electron chi connectivity index (χ2n) is 6.68. The first-order valence-corrected chi connectivity index (χ1v) is 8.34. The van der Waals surface area contributed by atoms with Gasteiger partial charge in [0.25, 0.3) is 5.91 Å². The number of hydrogen-bond acceptors (Lipinski definition) is 3. The summed E-state index contributed by atoms with van der Waals surface area (Å²) in [5, 5.41) is 4.93. The molecule has 0 spiro atoms. The summed E-state index contributed by atoms with van der Waals surface area (Å²) in [6, 6.07) is 1.61. The number of carbonyl (C=O) groups excluding carboxylic acids is 2. The SMILES string of the molecule is Cc1ccsc1C(=O)N1CCCCC1C(=O)NC(C)(C)C. The lowest BCUT2D eigenvalue weighted by atomic mass is 9.99. The van der Waals surface area contributed by atoms with Crippen LogP contribution in [0.4, 0.5) is 0 Å². The van der Waals surface area contributed by atoms with Gasteiger partial charge < -0.3 is 10.2 Å². The van der Waals surface area contributed by atoms with Crippen LogP contribution in [-0.2, 0) is 4.79 Å². The molecule has 0 aromatic carbocycles. The highest BCUT2D eigenvalue weighted by molar-refractivity contribution is 7.12. The second-order valence-corrected chi connectivity index (χ2v) is 7.60. The van der Waals surface area contributed by atoms with E-state index in [1.165, 1.54) is 11.3 Å². The molecule has 1 saturated heterocycles. The average Bonchev–Trinajstić information content (AvgIpc) is 2.82. The Labute approximate surface area is 130 Å². The van der Waals surface area contributed by atoms with E-state index in [0.717, 1.165) is 29.7 Å². The van der Waals surface area contributed by atoms with Gasteiger partial charge in [-0.15, -0.1) is 11.3 Å². The van der Waals surface area contributed by atoms with E-state index in [0.29, 0.717) is 6.54 Å². The molecule has 4 nitrogen and oxygen atoms in total. The molecular weight excluding hydrogens is 284 g/mol. The van der Waals surface area contributed by atoms with Gasteiger partial charge in [-0.3, -0.25) is 9.59 Å². The summed E-state index contributed by atoms with van der Waals surface area (Å²) in [5.41, 5.74) is 0.716. The highest BCUT2D eigenvalue weighted by Gasteiger charge is 2.34. The Bertz CT molecular complexity index is 531.